The predicted molar refractivity (Wildman–Crippen MR) is 232 cm³/mol. The second kappa shape index (κ2) is 25.6. The molecule has 51 heavy (non-hydrogen) atoms. The molecule has 6 aromatic carbocycles. The van der Waals surface area contributed by atoms with Crippen molar-refractivity contribution in [2.24, 2.45) is 0 Å². The van der Waals surface area contributed by atoms with Crippen molar-refractivity contribution < 1.29 is 21.7 Å². The van der Waals surface area contributed by atoms with Gasteiger partial charge in [-0.15, -0.1) is 80.7 Å². The maximum Gasteiger partial charge on any atom is 2.00 e. The zero-order valence-electron chi connectivity index (χ0n) is 32.0. The number of aryl methyl sites for hydroxylation is 2. The first kappa shape index (κ1) is 43.1. The molecule has 0 bridgehead atoms. The van der Waals surface area contributed by atoms with E-state index in [-0.39, 0.29) is 37.6 Å². The van der Waals surface area contributed by atoms with Gasteiger partial charge in [-0.2, -0.15) is 12.1 Å². The van der Waals surface area contributed by atoms with E-state index in [2.05, 4.69) is 161 Å². The van der Waals surface area contributed by atoms with Crippen molar-refractivity contribution >= 4 is 48.0 Å². The summed E-state index contributed by atoms with van der Waals surface area (Å²) in [6.45, 7) is 9.20. The largest absolute Gasteiger partial charge is 2.00 e. The summed E-state index contributed by atoms with van der Waals surface area (Å²) in [4.78, 5) is 0. The molecule has 0 saturated carbocycles. The molecular formula is C48H62P2Ti. The van der Waals surface area contributed by atoms with Gasteiger partial charge < -0.3 is 0 Å². The Hall–Kier alpha value is -2.33. The van der Waals surface area contributed by atoms with E-state index in [1.807, 2.05) is 0 Å². The zero-order chi connectivity index (χ0) is 35.2. The Bertz CT molecular complexity index is 1510. The third-order valence-corrected chi connectivity index (χ3v) is 14.9. The fourth-order valence-electron chi connectivity index (χ4n) is 6.35. The Balaban J connectivity index is 0.000000206. The molecule has 0 aliphatic carbocycles. The Morgan fingerprint density at radius 3 is 1.04 bits per heavy atom. The van der Waals surface area contributed by atoms with E-state index in [9.17, 15) is 0 Å². The van der Waals surface area contributed by atoms with Crippen LogP contribution >= 0.6 is 15.8 Å². The summed E-state index contributed by atoms with van der Waals surface area (Å²) in [6, 6.07) is 48.5. The van der Waals surface area contributed by atoms with Gasteiger partial charge in [0.05, 0.1) is 0 Å². The van der Waals surface area contributed by atoms with Crippen molar-refractivity contribution in [3.05, 3.63) is 145 Å². The van der Waals surface area contributed by atoms with E-state index < -0.39 is 0 Å². The summed E-state index contributed by atoms with van der Waals surface area (Å²) in [5.41, 5.74) is 2.83. The van der Waals surface area contributed by atoms with Crippen LogP contribution < -0.4 is 10.6 Å². The molecule has 0 nitrogen and oxygen atoms in total. The first-order valence-corrected chi connectivity index (χ1v) is 23.0. The molecule has 0 saturated heterocycles. The van der Waals surface area contributed by atoms with E-state index in [4.69, 9.17) is 0 Å². The fraction of sp³-hybridized carbons (Fsp3) is 0.375. The standard InChI is InChI=1S/2C17H24P.C14H14.Ti/c2*1-3-5-11-18(12-6-4-2)17-13-15-9-7-8-10-16(15)14-17;1-3-7-13(8-4-1)11-12-14-9-5-2-6-10-14;/h2*7-10,13-14H,3-6,11-12H2,1-2H3;1-10H,11-12H2;/q2*-1;;+2. The summed E-state index contributed by atoms with van der Waals surface area (Å²) in [5.74, 6) is 0. The van der Waals surface area contributed by atoms with Gasteiger partial charge in [-0.3, -0.25) is 0 Å². The minimum Gasteiger partial charge on any atom is -0.161 e. The van der Waals surface area contributed by atoms with Crippen molar-refractivity contribution in [1.29, 1.82) is 0 Å². The Kier molecular flexibility index (Phi) is 21.6. The second-order valence-corrected chi connectivity index (χ2v) is 18.5. The number of fused-ring (bicyclic) bond motifs is 2. The van der Waals surface area contributed by atoms with Gasteiger partial charge >= 0.3 is 21.7 Å². The average Bonchev–Trinajstić information content (AvgIpc) is 3.80. The molecule has 0 amide bonds. The van der Waals surface area contributed by atoms with Gasteiger partial charge in [0.1, 0.15) is 0 Å². The van der Waals surface area contributed by atoms with Crippen molar-refractivity contribution in [1.82, 2.24) is 0 Å². The predicted octanol–water partition coefficient (Wildman–Crippen LogP) is 14.0. The Labute approximate surface area is 329 Å². The van der Waals surface area contributed by atoms with E-state index in [1.165, 1.54) is 109 Å². The van der Waals surface area contributed by atoms with Crippen LogP contribution in [0.4, 0.5) is 0 Å². The van der Waals surface area contributed by atoms with Crippen LogP contribution in [0.1, 0.15) is 90.2 Å². The first-order chi connectivity index (χ1) is 24.6. The normalized spacial score (nSPS) is 10.9. The molecule has 0 aromatic heterocycles. The zero-order valence-corrected chi connectivity index (χ0v) is 35.3. The van der Waals surface area contributed by atoms with Crippen molar-refractivity contribution in [2.75, 3.05) is 24.6 Å². The third kappa shape index (κ3) is 15.3. The number of hydrogen-bond donors (Lipinski definition) is 0. The fourth-order valence-corrected chi connectivity index (χ4v) is 11.9. The second-order valence-electron chi connectivity index (χ2n) is 13.5. The Morgan fingerprint density at radius 1 is 0.412 bits per heavy atom. The molecule has 0 heterocycles. The number of rotatable bonds is 17. The molecule has 0 aliphatic rings. The molecule has 0 atom stereocenters. The number of hydrogen-bond acceptors (Lipinski definition) is 0. The van der Waals surface area contributed by atoms with Crippen molar-refractivity contribution in [2.45, 2.75) is 91.9 Å². The maximum absolute atomic E-state index is 2.44. The molecule has 268 valence electrons. The Morgan fingerprint density at radius 2 is 0.725 bits per heavy atom. The van der Waals surface area contributed by atoms with Crippen LogP contribution in [0.25, 0.3) is 21.5 Å². The minimum atomic E-state index is 0. The topological polar surface area (TPSA) is 0 Å². The molecule has 6 aromatic rings. The van der Waals surface area contributed by atoms with Gasteiger partial charge in [-0.1, -0.05) is 142 Å². The summed E-state index contributed by atoms with van der Waals surface area (Å²) >= 11 is 0. The van der Waals surface area contributed by atoms with Crippen LogP contribution in [0.3, 0.4) is 0 Å². The van der Waals surface area contributed by atoms with E-state index in [0.29, 0.717) is 0 Å². The molecule has 3 heteroatoms. The van der Waals surface area contributed by atoms with Gasteiger partial charge in [0.15, 0.2) is 0 Å². The van der Waals surface area contributed by atoms with Gasteiger partial charge in [-0.25, -0.2) is 0 Å². The van der Waals surface area contributed by atoms with E-state index in [1.54, 1.807) is 10.6 Å². The maximum atomic E-state index is 2.44. The number of benzene rings is 4. The molecule has 0 N–H and O–H groups in total. The van der Waals surface area contributed by atoms with Crippen LogP contribution in [0.5, 0.6) is 0 Å². The summed E-state index contributed by atoms with van der Waals surface area (Å²) in [5, 5.41) is 8.96. The van der Waals surface area contributed by atoms with Crippen LogP contribution in [0.2, 0.25) is 0 Å². The quantitative estimate of drug-likeness (QED) is 0.0495. The monoisotopic (exact) mass is 748 g/mol. The van der Waals surface area contributed by atoms with Crippen LogP contribution in [0.15, 0.2) is 133 Å². The summed E-state index contributed by atoms with van der Waals surface area (Å²) in [6.07, 6.45) is 18.8. The van der Waals surface area contributed by atoms with Gasteiger partial charge in [0.2, 0.25) is 0 Å². The van der Waals surface area contributed by atoms with E-state index >= 15 is 0 Å². The molecule has 6 rings (SSSR count). The SMILES string of the molecule is CCCCP(CCCC)c1cc2ccccc2[cH-]1.CCCCP(CCCC)c1cc2ccccc2[cH-]1.[Ti+2].c1ccc(CCc2ccccc2)cc1. The van der Waals surface area contributed by atoms with Crippen molar-refractivity contribution in [3.63, 3.8) is 0 Å². The molecule has 0 radical (unpaired) electrons. The molecule has 0 fully saturated rings. The number of unbranched alkanes of at least 4 members (excludes halogenated alkanes) is 4. The average molecular weight is 749 g/mol. The molecule has 0 spiro atoms. The van der Waals surface area contributed by atoms with Gasteiger partial charge in [-0.05, 0) is 74.3 Å². The van der Waals surface area contributed by atoms with E-state index in [0.717, 1.165) is 12.8 Å². The van der Waals surface area contributed by atoms with Crippen molar-refractivity contribution in [3.8, 4) is 0 Å². The van der Waals surface area contributed by atoms with Crippen LogP contribution in [-0.4, -0.2) is 24.6 Å². The smallest absolute Gasteiger partial charge is 0.161 e. The van der Waals surface area contributed by atoms with Gasteiger partial charge in [0, 0.05) is 0 Å². The van der Waals surface area contributed by atoms with Gasteiger partial charge in [0.25, 0.3) is 0 Å². The first-order valence-electron chi connectivity index (χ1n) is 19.5. The van der Waals surface area contributed by atoms with Crippen LogP contribution in [-0.2, 0) is 34.6 Å². The van der Waals surface area contributed by atoms with Crippen LogP contribution in [0, 0.1) is 0 Å². The molecule has 0 unspecified atom stereocenters. The molecular weight excluding hydrogens is 686 g/mol. The third-order valence-electron chi connectivity index (χ3n) is 9.45. The summed E-state index contributed by atoms with van der Waals surface area (Å²) < 4.78 is 0. The summed E-state index contributed by atoms with van der Waals surface area (Å²) in [7, 11) is 0.171. The molecule has 0 aliphatic heterocycles. The minimum absolute atomic E-state index is 0.